The van der Waals surface area contributed by atoms with Crippen LogP contribution in [0.5, 0.6) is 0 Å². The maximum atomic E-state index is 13.1. The molecule has 1 rings (SSSR count). The van der Waals surface area contributed by atoms with E-state index in [-0.39, 0.29) is 6.42 Å². The molecule has 0 aromatic heterocycles. The van der Waals surface area contributed by atoms with E-state index in [1.165, 1.54) is 135 Å². The van der Waals surface area contributed by atoms with Gasteiger partial charge in [-0.3, -0.25) is 4.79 Å². The smallest absolute Gasteiger partial charge is 0.249 e. The number of carbonyl (C=O) groups is 1. The third kappa shape index (κ3) is 28.2. The maximum Gasteiger partial charge on any atom is 0.249 e. The number of allylic oxidation sites excluding steroid dienone is 2. The van der Waals surface area contributed by atoms with E-state index in [0.29, 0.717) is 19.3 Å². The molecule has 1 aliphatic rings. The standard InChI is InChI=1S/C48H93NO10/c1-3-5-7-9-11-13-14-15-16-17-18-19-20-21-22-23-24-25-26-27-28-30-32-34-36-41(52)47(57)49-39(38-58-48-46(56)45(55)44(54)42(37-50)59-48)43(53)40(51)35-33-31-29-12-10-8-6-4-2/h21-22,39-46,48,50-56H,3-20,23-38H2,1-2H3,(H,49,57)/b22-21-. The number of aliphatic hydroxyl groups excluding tert-OH is 7. The van der Waals surface area contributed by atoms with Crippen molar-refractivity contribution in [3.05, 3.63) is 12.2 Å². The Morgan fingerprint density at radius 3 is 1.42 bits per heavy atom. The predicted molar refractivity (Wildman–Crippen MR) is 238 cm³/mol. The molecule has 0 aromatic rings. The van der Waals surface area contributed by atoms with Gasteiger partial charge in [-0.25, -0.2) is 0 Å². The van der Waals surface area contributed by atoms with Crippen LogP contribution in [0.2, 0.25) is 0 Å². The number of nitrogens with one attached hydrogen (secondary N) is 1. The summed E-state index contributed by atoms with van der Waals surface area (Å²) < 4.78 is 11.1. The number of ether oxygens (including phenoxy) is 2. The number of aliphatic hydroxyl groups is 7. The molecular formula is C48H93NO10. The Morgan fingerprint density at radius 1 is 0.576 bits per heavy atom. The summed E-state index contributed by atoms with van der Waals surface area (Å²) in [5.41, 5.74) is 0. The molecule has 8 N–H and O–H groups in total. The lowest BCUT2D eigenvalue weighted by atomic mass is 9.98. The zero-order chi connectivity index (χ0) is 43.4. The molecule has 0 bridgehead atoms. The lowest BCUT2D eigenvalue weighted by Gasteiger charge is -2.40. The maximum absolute atomic E-state index is 13.1. The number of rotatable bonds is 41. The summed E-state index contributed by atoms with van der Waals surface area (Å²) >= 11 is 0. The van der Waals surface area contributed by atoms with Crippen molar-refractivity contribution < 1.29 is 50.0 Å². The summed E-state index contributed by atoms with van der Waals surface area (Å²) in [6.45, 7) is 3.40. The highest BCUT2D eigenvalue weighted by Gasteiger charge is 2.44. The molecule has 11 heteroatoms. The van der Waals surface area contributed by atoms with Gasteiger partial charge in [-0.05, 0) is 38.5 Å². The summed E-state index contributed by atoms with van der Waals surface area (Å²) in [5.74, 6) is -0.700. The van der Waals surface area contributed by atoms with Crippen molar-refractivity contribution >= 4 is 5.91 Å². The first-order chi connectivity index (χ1) is 28.7. The molecular weight excluding hydrogens is 751 g/mol. The normalized spacial score (nSPS) is 21.8. The van der Waals surface area contributed by atoms with E-state index in [0.717, 1.165) is 44.9 Å². The third-order valence-electron chi connectivity index (χ3n) is 12.1. The second kappa shape index (κ2) is 38.5. The molecule has 59 heavy (non-hydrogen) atoms. The molecule has 9 atom stereocenters. The van der Waals surface area contributed by atoms with E-state index < -0.39 is 74.2 Å². The van der Waals surface area contributed by atoms with E-state index >= 15 is 0 Å². The lowest BCUT2D eigenvalue weighted by Crippen LogP contribution is -2.60. The third-order valence-corrected chi connectivity index (χ3v) is 12.1. The summed E-state index contributed by atoms with van der Waals surface area (Å²) in [6.07, 6.45) is 30.1. The van der Waals surface area contributed by atoms with Crippen molar-refractivity contribution in [3.63, 3.8) is 0 Å². The van der Waals surface area contributed by atoms with Gasteiger partial charge in [0.05, 0.1) is 25.4 Å². The topological polar surface area (TPSA) is 189 Å². The zero-order valence-corrected chi connectivity index (χ0v) is 37.7. The van der Waals surface area contributed by atoms with Crippen molar-refractivity contribution in [1.82, 2.24) is 5.32 Å². The first kappa shape index (κ1) is 55.9. The SMILES string of the molecule is CCCCCCCCCCCCCC/C=C\CCCCCCCCCCC(O)C(=O)NC(COC1OC(CO)C(O)C(O)C1O)C(O)C(O)CCCCCCCCCC. The Bertz CT molecular complexity index is 970. The summed E-state index contributed by atoms with van der Waals surface area (Å²) in [5, 5.41) is 75.4. The van der Waals surface area contributed by atoms with E-state index in [2.05, 4.69) is 31.3 Å². The van der Waals surface area contributed by atoms with E-state index in [1.807, 2.05) is 0 Å². The minimum absolute atomic E-state index is 0.259. The van der Waals surface area contributed by atoms with Crippen molar-refractivity contribution in [2.45, 2.75) is 274 Å². The van der Waals surface area contributed by atoms with Gasteiger partial charge in [-0.2, -0.15) is 0 Å². The van der Waals surface area contributed by atoms with Gasteiger partial charge in [0, 0.05) is 0 Å². The second-order valence-corrected chi connectivity index (χ2v) is 17.5. The molecule has 9 unspecified atom stereocenters. The molecule has 350 valence electrons. The number of hydrogen-bond acceptors (Lipinski definition) is 10. The van der Waals surface area contributed by atoms with Crippen LogP contribution in [0.3, 0.4) is 0 Å². The Labute approximate surface area is 360 Å². The van der Waals surface area contributed by atoms with Crippen molar-refractivity contribution in [2.75, 3.05) is 13.2 Å². The Hall–Kier alpha value is -1.15. The van der Waals surface area contributed by atoms with Crippen LogP contribution in [-0.2, 0) is 14.3 Å². The molecule has 1 heterocycles. The second-order valence-electron chi connectivity index (χ2n) is 17.5. The van der Waals surface area contributed by atoms with Crippen molar-refractivity contribution in [3.8, 4) is 0 Å². The van der Waals surface area contributed by atoms with Crippen LogP contribution in [0.1, 0.15) is 219 Å². The largest absolute Gasteiger partial charge is 0.394 e. The molecule has 11 nitrogen and oxygen atoms in total. The predicted octanol–water partition coefficient (Wildman–Crippen LogP) is 8.45. The molecule has 0 spiro atoms. The first-order valence-electron chi connectivity index (χ1n) is 24.6. The van der Waals surface area contributed by atoms with E-state index in [4.69, 9.17) is 9.47 Å². The zero-order valence-electron chi connectivity index (χ0n) is 37.7. The molecule has 0 saturated carbocycles. The van der Waals surface area contributed by atoms with Crippen LogP contribution in [0.25, 0.3) is 0 Å². The molecule has 1 aliphatic heterocycles. The number of unbranched alkanes of at least 4 members (excludes halogenated alkanes) is 27. The number of carbonyl (C=O) groups excluding carboxylic acids is 1. The fourth-order valence-corrected chi connectivity index (χ4v) is 7.96. The van der Waals surface area contributed by atoms with Gasteiger partial charge in [0.15, 0.2) is 6.29 Å². The van der Waals surface area contributed by atoms with E-state index in [9.17, 15) is 40.5 Å². The van der Waals surface area contributed by atoms with Crippen LogP contribution in [0, 0.1) is 0 Å². The molecule has 0 radical (unpaired) electrons. The van der Waals surface area contributed by atoms with Crippen molar-refractivity contribution in [1.29, 1.82) is 0 Å². The highest BCUT2D eigenvalue weighted by Crippen LogP contribution is 2.23. The van der Waals surface area contributed by atoms with Gasteiger partial charge in [0.25, 0.3) is 0 Å². The van der Waals surface area contributed by atoms with Gasteiger partial charge < -0.3 is 50.5 Å². The molecule has 0 aliphatic carbocycles. The monoisotopic (exact) mass is 844 g/mol. The summed E-state index contributed by atoms with van der Waals surface area (Å²) in [6, 6.07) is -1.16. The van der Waals surface area contributed by atoms with Crippen LogP contribution >= 0.6 is 0 Å². The highest BCUT2D eigenvalue weighted by atomic mass is 16.7. The Balaban J connectivity index is 2.29. The van der Waals surface area contributed by atoms with E-state index in [1.54, 1.807) is 0 Å². The fourth-order valence-electron chi connectivity index (χ4n) is 7.96. The summed E-state index contributed by atoms with van der Waals surface area (Å²) in [7, 11) is 0. The van der Waals surface area contributed by atoms with Crippen LogP contribution in [0.4, 0.5) is 0 Å². The molecule has 1 fully saturated rings. The molecule has 1 amide bonds. The van der Waals surface area contributed by atoms with Gasteiger partial charge in [0.1, 0.15) is 36.6 Å². The molecule has 0 aromatic carbocycles. The fraction of sp³-hybridized carbons (Fsp3) is 0.938. The minimum Gasteiger partial charge on any atom is -0.394 e. The number of amides is 1. The lowest BCUT2D eigenvalue weighted by molar-refractivity contribution is -0.303. The Kier molecular flexibility index (Phi) is 36.5. The Morgan fingerprint density at radius 2 is 0.983 bits per heavy atom. The van der Waals surface area contributed by atoms with Gasteiger partial charge in [-0.1, -0.05) is 193 Å². The average Bonchev–Trinajstić information content (AvgIpc) is 3.23. The van der Waals surface area contributed by atoms with Gasteiger partial charge in [-0.15, -0.1) is 0 Å². The van der Waals surface area contributed by atoms with Crippen LogP contribution in [-0.4, -0.2) is 110 Å². The first-order valence-corrected chi connectivity index (χ1v) is 24.6. The highest BCUT2D eigenvalue weighted by molar-refractivity contribution is 5.80. The quantitative estimate of drug-likeness (QED) is 0.0219. The molecule has 1 saturated heterocycles. The van der Waals surface area contributed by atoms with Crippen LogP contribution < -0.4 is 5.32 Å². The van der Waals surface area contributed by atoms with Gasteiger partial charge in [0.2, 0.25) is 5.91 Å². The van der Waals surface area contributed by atoms with Crippen LogP contribution in [0.15, 0.2) is 12.2 Å². The average molecular weight is 844 g/mol. The van der Waals surface area contributed by atoms with Crippen molar-refractivity contribution in [2.24, 2.45) is 0 Å². The number of hydrogen-bond donors (Lipinski definition) is 8. The summed E-state index contributed by atoms with van der Waals surface area (Å²) in [4.78, 5) is 13.1. The van der Waals surface area contributed by atoms with Gasteiger partial charge >= 0.3 is 0 Å². The minimum atomic E-state index is -1.66.